The van der Waals surface area contributed by atoms with Crippen LogP contribution in [-0.4, -0.2) is 53.4 Å². The third-order valence-corrected chi connectivity index (χ3v) is 5.45. The van der Waals surface area contributed by atoms with Gasteiger partial charge in [0.2, 0.25) is 0 Å². The average Bonchev–Trinajstić information content (AvgIpc) is 2.54. The molecule has 1 aromatic rings. The number of ether oxygens (including phenoxy) is 1. The Balaban J connectivity index is 1.68. The summed E-state index contributed by atoms with van der Waals surface area (Å²) in [5.74, 6) is 0.458. The number of nitrogens with zero attached hydrogens (tertiary/aromatic N) is 1. The molecule has 1 amide bonds. The van der Waals surface area contributed by atoms with Gasteiger partial charge in [-0.1, -0.05) is 11.6 Å². The van der Waals surface area contributed by atoms with E-state index in [-0.39, 0.29) is 5.91 Å². The summed E-state index contributed by atoms with van der Waals surface area (Å²) in [5.41, 5.74) is 0.116. The van der Waals surface area contributed by atoms with Gasteiger partial charge in [-0.05, 0) is 31.0 Å². The fraction of sp³-hybridized carbons (Fsp3) is 0.562. The molecule has 1 saturated heterocycles. The van der Waals surface area contributed by atoms with Crippen LogP contribution in [-0.2, 0) is 0 Å². The van der Waals surface area contributed by atoms with Gasteiger partial charge in [0.1, 0.15) is 5.75 Å². The van der Waals surface area contributed by atoms with E-state index in [1.807, 2.05) is 0 Å². The van der Waals surface area contributed by atoms with Crippen molar-refractivity contribution in [2.75, 3.05) is 20.2 Å². The molecule has 1 heterocycles. The summed E-state index contributed by atoms with van der Waals surface area (Å²) in [6.45, 7) is 1.08. The van der Waals surface area contributed by atoms with Crippen molar-refractivity contribution in [2.24, 2.45) is 5.41 Å². The Hall–Kier alpha value is -1.30. The molecule has 1 saturated carbocycles. The highest BCUT2D eigenvalue weighted by atomic mass is 35.5. The van der Waals surface area contributed by atoms with Crippen molar-refractivity contribution >= 4 is 17.5 Å². The van der Waals surface area contributed by atoms with E-state index in [9.17, 15) is 15.0 Å². The van der Waals surface area contributed by atoms with E-state index in [4.69, 9.17) is 16.3 Å². The number of likely N-dealkylation sites (tertiary alicyclic amines) is 1. The second-order valence-corrected chi connectivity index (χ2v) is 6.55. The number of halogens is 1. The summed E-state index contributed by atoms with van der Waals surface area (Å²) in [4.78, 5) is 14.3. The molecule has 3 rings (SSSR count). The molecule has 1 aliphatic heterocycles. The molecule has 1 aromatic carbocycles. The SMILES string of the molecule is COc1ccc(C(=O)N2CCC3(CC2)[C@H](O)C[C@@H]3O)cc1Cl. The Morgan fingerprint density at radius 2 is 1.95 bits per heavy atom. The number of rotatable bonds is 2. The number of piperidine rings is 1. The molecule has 2 aliphatic rings. The van der Waals surface area contributed by atoms with E-state index in [1.165, 1.54) is 7.11 Å². The van der Waals surface area contributed by atoms with Gasteiger partial charge >= 0.3 is 0 Å². The standard InChI is InChI=1S/C16H20ClNO4/c1-22-12-3-2-10(8-11(12)17)15(21)18-6-4-16(5-7-18)13(19)9-14(16)20/h2-3,8,13-14,19-20H,4-7,9H2,1H3/t13-,14+. The number of amides is 1. The first-order valence-corrected chi connectivity index (χ1v) is 7.84. The summed E-state index contributed by atoms with van der Waals surface area (Å²) >= 11 is 6.07. The van der Waals surface area contributed by atoms with Gasteiger partial charge in [-0.2, -0.15) is 0 Å². The van der Waals surface area contributed by atoms with Crippen LogP contribution in [0.25, 0.3) is 0 Å². The summed E-state index contributed by atoms with van der Waals surface area (Å²) in [7, 11) is 1.53. The maximum absolute atomic E-state index is 12.5. The second kappa shape index (κ2) is 5.72. The summed E-state index contributed by atoms with van der Waals surface area (Å²) in [5, 5.41) is 20.3. The zero-order valence-corrected chi connectivity index (χ0v) is 13.2. The monoisotopic (exact) mass is 325 g/mol. The minimum atomic E-state index is -0.449. The molecule has 22 heavy (non-hydrogen) atoms. The fourth-order valence-electron chi connectivity index (χ4n) is 3.52. The van der Waals surface area contributed by atoms with E-state index in [0.29, 0.717) is 48.7 Å². The average molecular weight is 326 g/mol. The molecule has 2 N–H and O–H groups in total. The molecule has 6 heteroatoms. The van der Waals surface area contributed by atoms with Gasteiger partial charge in [0, 0.05) is 30.5 Å². The molecule has 1 spiro atoms. The number of carbonyl (C=O) groups excluding carboxylic acids is 1. The minimum absolute atomic E-state index is 0.0808. The van der Waals surface area contributed by atoms with Crippen molar-refractivity contribution < 1.29 is 19.7 Å². The molecular formula is C16H20ClNO4. The normalized spacial score (nSPS) is 26.6. The van der Waals surface area contributed by atoms with Crippen molar-refractivity contribution in [1.29, 1.82) is 0 Å². The molecule has 5 nitrogen and oxygen atoms in total. The largest absolute Gasteiger partial charge is 0.495 e. The van der Waals surface area contributed by atoms with Crippen LogP contribution >= 0.6 is 11.6 Å². The quantitative estimate of drug-likeness (QED) is 0.868. The Bertz CT molecular complexity index is 574. The number of hydrogen-bond donors (Lipinski definition) is 2. The van der Waals surface area contributed by atoms with Crippen LogP contribution < -0.4 is 4.74 Å². The first-order chi connectivity index (χ1) is 10.5. The van der Waals surface area contributed by atoms with E-state index in [2.05, 4.69) is 0 Å². The fourth-order valence-corrected chi connectivity index (χ4v) is 3.77. The Morgan fingerprint density at radius 3 is 2.45 bits per heavy atom. The van der Waals surface area contributed by atoms with Crippen molar-refractivity contribution in [3.05, 3.63) is 28.8 Å². The zero-order valence-electron chi connectivity index (χ0n) is 12.5. The molecule has 0 bridgehead atoms. The molecule has 0 radical (unpaired) electrons. The van der Waals surface area contributed by atoms with Crippen LogP contribution in [0.4, 0.5) is 0 Å². The van der Waals surface area contributed by atoms with Crippen LogP contribution in [0.2, 0.25) is 5.02 Å². The molecule has 0 unspecified atom stereocenters. The zero-order chi connectivity index (χ0) is 15.9. The van der Waals surface area contributed by atoms with Crippen LogP contribution in [0.5, 0.6) is 5.75 Å². The van der Waals surface area contributed by atoms with Crippen LogP contribution in [0, 0.1) is 5.41 Å². The predicted octanol–water partition coefficient (Wildman–Crippen LogP) is 1.70. The minimum Gasteiger partial charge on any atom is -0.495 e. The van der Waals surface area contributed by atoms with E-state index in [0.717, 1.165) is 0 Å². The van der Waals surface area contributed by atoms with E-state index >= 15 is 0 Å². The number of hydrogen-bond acceptors (Lipinski definition) is 4. The maximum Gasteiger partial charge on any atom is 0.253 e. The lowest BCUT2D eigenvalue weighted by Gasteiger charge is -2.55. The highest BCUT2D eigenvalue weighted by Gasteiger charge is 2.55. The van der Waals surface area contributed by atoms with E-state index in [1.54, 1.807) is 23.1 Å². The highest BCUT2D eigenvalue weighted by Crippen LogP contribution is 2.49. The third kappa shape index (κ3) is 2.37. The molecule has 0 aromatic heterocycles. The number of carbonyl (C=O) groups is 1. The third-order valence-electron chi connectivity index (χ3n) is 5.15. The first kappa shape index (κ1) is 15.6. The maximum atomic E-state index is 12.5. The smallest absolute Gasteiger partial charge is 0.253 e. The highest BCUT2D eigenvalue weighted by molar-refractivity contribution is 6.32. The molecule has 2 atom stereocenters. The Morgan fingerprint density at radius 1 is 1.32 bits per heavy atom. The molecule has 120 valence electrons. The lowest BCUT2D eigenvalue weighted by Crippen LogP contribution is -2.61. The van der Waals surface area contributed by atoms with Gasteiger partial charge in [0.15, 0.2) is 0 Å². The lowest BCUT2D eigenvalue weighted by molar-refractivity contribution is -0.187. The Labute approximate surface area is 134 Å². The van der Waals surface area contributed by atoms with Crippen LogP contribution in [0.1, 0.15) is 29.6 Å². The van der Waals surface area contributed by atoms with Crippen molar-refractivity contribution in [1.82, 2.24) is 4.90 Å². The van der Waals surface area contributed by atoms with Crippen molar-refractivity contribution in [2.45, 2.75) is 31.5 Å². The van der Waals surface area contributed by atoms with Gasteiger partial charge in [-0.3, -0.25) is 4.79 Å². The molecular weight excluding hydrogens is 306 g/mol. The number of aliphatic hydroxyl groups is 2. The van der Waals surface area contributed by atoms with Gasteiger partial charge < -0.3 is 19.8 Å². The number of aliphatic hydroxyl groups excluding tert-OH is 2. The summed E-state index contributed by atoms with van der Waals surface area (Å²) in [6, 6.07) is 4.99. The van der Waals surface area contributed by atoms with Gasteiger partial charge in [0.05, 0.1) is 24.3 Å². The van der Waals surface area contributed by atoms with Gasteiger partial charge in [-0.25, -0.2) is 0 Å². The van der Waals surface area contributed by atoms with Gasteiger partial charge in [0.25, 0.3) is 5.91 Å². The number of methoxy groups -OCH3 is 1. The van der Waals surface area contributed by atoms with Crippen LogP contribution in [0.3, 0.4) is 0 Å². The second-order valence-electron chi connectivity index (χ2n) is 6.14. The summed E-state index contributed by atoms with van der Waals surface area (Å²) in [6.07, 6.45) is 0.808. The molecule has 1 aliphatic carbocycles. The van der Waals surface area contributed by atoms with Gasteiger partial charge in [-0.15, -0.1) is 0 Å². The van der Waals surface area contributed by atoms with Crippen molar-refractivity contribution in [3.63, 3.8) is 0 Å². The molecule has 2 fully saturated rings. The van der Waals surface area contributed by atoms with E-state index < -0.39 is 17.6 Å². The topological polar surface area (TPSA) is 70.0 Å². The number of benzene rings is 1. The lowest BCUT2D eigenvalue weighted by atomic mass is 9.58. The van der Waals surface area contributed by atoms with Crippen molar-refractivity contribution in [3.8, 4) is 5.75 Å². The summed E-state index contributed by atoms with van der Waals surface area (Å²) < 4.78 is 5.09. The first-order valence-electron chi connectivity index (χ1n) is 7.47. The van der Waals surface area contributed by atoms with Crippen LogP contribution in [0.15, 0.2) is 18.2 Å². The Kier molecular flexibility index (Phi) is 4.05. The predicted molar refractivity (Wildman–Crippen MR) is 82.2 cm³/mol.